The molecule has 1 aliphatic rings. The van der Waals surface area contributed by atoms with Gasteiger partial charge < -0.3 is 15.4 Å². The summed E-state index contributed by atoms with van der Waals surface area (Å²) < 4.78 is 5.76. The Morgan fingerprint density at radius 2 is 1.91 bits per heavy atom. The minimum Gasteiger partial charge on any atom is -0.444 e. The number of alkyl carbamates (subject to hydrolysis) is 1. The molecule has 1 rings (SSSR count). The van der Waals surface area contributed by atoms with E-state index in [4.69, 9.17) is 4.74 Å². The van der Waals surface area contributed by atoms with Gasteiger partial charge in [-0.05, 0) is 58.2 Å². The summed E-state index contributed by atoms with van der Waals surface area (Å²) in [5.74, 6) is 0.945. The largest absolute Gasteiger partial charge is 0.444 e. The molecule has 130 valence electrons. The fourth-order valence-corrected chi connectivity index (χ4v) is 3.53. The van der Waals surface area contributed by atoms with E-state index in [2.05, 4.69) is 30.7 Å². The van der Waals surface area contributed by atoms with Gasteiger partial charge in [0.15, 0.2) is 0 Å². The Hall–Kier alpha value is -0.420. The highest BCUT2D eigenvalue weighted by Crippen LogP contribution is 2.42. The molecule has 1 amide bonds. The first-order chi connectivity index (χ1) is 10.2. The average molecular weight is 331 g/mol. The zero-order chi connectivity index (χ0) is 16.8. The topological polar surface area (TPSA) is 50.4 Å². The van der Waals surface area contributed by atoms with Crippen LogP contribution in [0.25, 0.3) is 0 Å². The summed E-state index contributed by atoms with van der Waals surface area (Å²) in [5, 5.41) is 6.52. The lowest BCUT2D eigenvalue weighted by Crippen LogP contribution is -2.46. The van der Waals surface area contributed by atoms with Gasteiger partial charge in [-0.1, -0.05) is 20.3 Å². The number of rotatable bonds is 8. The monoisotopic (exact) mass is 330 g/mol. The number of hydrogen-bond donors (Lipinski definition) is 2. The predicted molar refractivity (Wildman–Crippen MR) is 95.5 cm³/mol. The summed E-state index contributed by atoms with van der Waals surface area (Å²) in [6.45, 7) is 12.7. The van der Waals surface area contributed by atoms with Gasteiger partial charge in [0.2, 0.25) is 0 Å². The first-order valence-corrected chi connectivity index (χ1v) is 9.63. The van der Waals surface area contributed by atoms with E-state index in [1.165, 1.54) is 19.3 Å². The van der Waals surface area contributed by atoms with Crippen LogP contribution >= 0.6 is 11.8 Å². The molecule has 0 aliphatic heterocycles. The number of nitrogens with one attached hydrogen (secondary N) is 2. The molecule has 1 atom stereocenters. The molecule has 4 nitrogen and oxygen atoms in total. The summed E-state index contributed by atoms with van der Waals surface area (Å²) in [4.78, 5) is 11.8. The standard InChI is InChI=1S/C17H34N2O2S/c1-13(2)14(11-19-15(20)21-16(3,4)5)10-18-12-17(22-6)8-7-9-17/h13-14,18H,7-12H2,1-6H3,(H,19,20). The maximum Gasteiger partial charge on any atom is 0.407 e. The Bertz CT molecular complexity index is 344. The predicted octanol–water partition coefficient (Wildman–Crippen LogP) is 3.66. The second-order valence-electron chi connectivity index (χ2n) is 7.76. The minimum absolute atomic E-state index is 0.322. The number of thioether (sulfide) groups is 1. The Labute approximate surface area is 140 Å². The molecule has 5 heteroatoms. The molecule has 1 saturated carbocycles. The van der Waals surface area contributed by atoms with E-state index in [9.17, 15) is 4.79 Å². The van der Waals surface area contributed by atoms with Crippen LogP contribution < -0.4 is 10.6 Å². The lowest BCUT2D eigenvalue weighted by Gasteiger charge is -2.41. The van der Waals surface area contributed by atoms with Crippen LogP contribution in [0.2, 0.25) is 0 Å². The van der Waals surface area contributed by atoms with Crippen LogP contribution in [0, 0.1) is 11.8 Å². The molecule has 0 radical (unpaired) electrons. The summed E-state index contributed by atoms with van der Waals surface area (Å²) in [7, 11) is 0. The van der Waals surface area contributed by atoms with Crippen LogP contribution in [0.15, 0.2) is 0 Å². The van der Waals surface area contributed by atoms with E-state index in [1.54, 1.807) is 0 Å². The van der Waals surface area contributed by atoms with Gasteiger partial charge in [0, 0.05) is 17.8 Å². The van der Waals surface area contributed by atoms with Gasteiger partial charge in [-0.25, -0.2) is 4.79 Å². The van der Waals surface area contributed by atoms with Crippen molar-refractivity contribution in [3.63, 3.8) is 0 Å². The van der Waals surface area contributed by atoms with E-state index >= 15 is 0 Å². The first kappa shape index (κ1) is 19.6. The van der Waals surface area contributed by atoms with Crippen molar-refractivity contribution in [1.29, 1.82) is 0 Å². The van der Waals surface area contributed by atoms with Gasteiger partial charge in [0.25, 0.3) is 0 Å². The highest BCUT2D eigenvalue weighted by molar-refractivity contribution is 8.00. The highest BCUT2D eigenvalue weighted by Gasteiger charge is 2.35. The fourth-order valence-electron chi connectivity index (χ4n) is 2.58. The van der Waals surface area contributed by atoms with Crippen LogP contribution in [-0.4, -0.2) is 42.3 Å². The van der Waals surface area contributed by atoms with Crippen LogP contribution in [0.5, 0.6) is 0 Å². The third-order valence-electron chi connectivity index (χ3n) is 4.40. The quantitative estimate of drug-likeness (QED) is 0.713. The Morgan fingerprint density at radius 3 is 2.32 bits per heavy atom. The lowest BCUT2D eigenvalue weighted by atomic mass is 9.84. The van der Waals surface area contributed by atoms with Gasteiger partial charge >= 0.3 is 6.09 Å². The molecule has 1 aliphatic carbocycles. The van der Waals surface area contributed by atoms with Gasteiger partial charge in [-0.2, -0.15) is 11.8 Å². The number of ether oxygens (including phenoxy) is 1. The first-order valence-electron chi connectivity index (χ1n) is 8.40. The molecule has 0 bridgehead atoms. The van der Waals surface area contributed by atoms with Gasteiger partial charge in [-0.3, -0.25) is 0 Å². The summed E-state index contributed by atoms with van der Waals surface area (Å²) in [6, 6.07) is 0. The van der Waals surface area contributed by atoms with Crippen LogP contribution in [-0.2, 0) is 4.74 Å². The molecular formula is C17H34N2O2S. The van der Waals surface area contributed by atoms with E-state index in [0.29, 0.717) is 23.1 Å². The Morgan fingerprint density at radius 1 is 1.27 bits per heavy atom. The Balaban J connectivity index is 2.31. The number of hydrogen-bond acceptors (Lipinski definition) is 4. The maximum absolute atomic E-state index is 11.8. The van der Waals surface area contributed by atoms with E-state index in [1.807, 2.05) is 32.5 Å². The van der Waals surface area contributed by atoms with Crippen molar-refractivity contribution in [2.75, 3.05) is 25.9 Å². The van der Waals surface area contributed by atoms with Crippen LogP contribution in [0.4, 0.5) is 4.79 Å². The highest BCUT2D eigenvalue weighted by atomic mass is 32.2. The molecular weight excluding hydrogens is 296 g/mol. The Kier molecular flexibility index (Phi) is 7.53. The van der Waals surface area contributed by atoms with E-state index < -0.39 is 5.60 Å². The molecule has 0 aromatic heterocycles. The van der Waals surface area contributed by atoms with Crippen molar-refractivity contribution in [3.8, 4) is 0 Å². The maximum atomic E-state index is 11.8. The van der Waals surface area contributed by atoms with Crippen LogP contribution in [0.3, 0.4) is 0 Å². The second kappa shape index (κ2) is 8.44. The summed E-state index contributed by atoms with van der Waals surface area (Å²) in [5.41, 5.74) is -0.440. The van der Waals surface area contributed by atoms with Gasteiger partial charge in [0.1, 0.15) is 5.60 Å². The van der Waals surface area contributed by atoms with Crippen LogP contribution in [0.1, 0.15) is 53.9 Å². The molecule has 0 spiro atoms. The second-order valence-corrected chi connectivity index (χ2v) is 9.03. The third-order valence-corrected chi connectivity index (χ3v) is 5.82. The third kappa shape index (κ3) is 6.78. The van der Waals surface area contributed by atoms with Crippen molar-refractivity contribution in [1.82, 2.24) is 10.6 Å². The normalized spacial score (nSPS) is 18.7. The SMILES string of the molecule is CSC1(CNCC(CNC(=O)OC(C)(C)C)C(C)C)CCC1. The molecule has 1 fully saturated rings. The molecule has 0 aromatic carbocycles. The van der Waals surface area contributed by atoms with Crippen molar-refractivity contribution in [2.45, 2.75) is 64.2 Å². The molecule has 0 saturated heterocycles. The van der Waals surface area contributed by atoms with E-state index in [-0.39, 0.29) is 6.09 Å². The average Bonchev–Trinajstić information content (AvgIpc) is 2.33. The molecule has 0 aromatic rings. The van der Waals surface area contributed by atoms with Crippen molar-refractivity contribution >= 4 is 17.9 Å². The summed E-state index contributed by atoms with van der Waals surface area (Å²) in [6.07, 6.45) is 5.90. The molecule has 0 heterocycles. The lowest BCUT2D eigenvalue weighted by molar-refractivity contribution is 0.0514. The van der Waals surface area contributed by atoms with Crippen molar-refractivity contribution in [3.05, 3.63) is 0 Å². The van der Waals surface area contributed by atoms with Crippen molar-refractivity contribution < 1.29 is 9.53 Å². The summed E-state index contributed by atoms with van der Waals surface area (Å²) >= 11 is 1.99. The minimum atomic E-state index is -0.440. The van der Waals surface area contributed by atoms with Crippen molar-refractivity contribution in [2.24, 2.45) is 11.8 Å². The molecule has 2 N–H and O–H groups in total. The fraction of sp³-hybridized carbons (Fsp3) is 0.941. The smallest absolute Gasteiger partial charge is 0.407 e. The van der Waals surface area contributed by atoms with Gasteiger partial charge in [-0.15, -0.1) is 0 Å². The van der Waals surface area contributed by atoms with E-state index in [0.717, 1.165) is 13.1 Å². The zero-order valence-corrected chi connectivity index (χ0v) is 15.9. The zero-order valence-electron chi connectivity index (χ0n) is 15.1. The number of carbonyl (C=O) groups is 1. The molecule has 22 heavy (non-hydrogen) atoms. The number of carbonyl (C=O) groups excluding carboxylic acids is 1. The number of amides is 1. The molecule has 1 unspecified atom stereocenters. The van der Waals surface area contributed by atoms with Gasteiger partial charge in [0.05, 0.1) is 0 Å².